The normalized spacial score (nSPS) is 9.67. The number of carbonyl (C=O) groups is 1. The van der Waals surface area contributed by atoms with Gasteiger partial charge in [-0.3, -0.25) is 14.6 Å². The molecular weight excluding hydrogens is 166 g/mol. The van der Waals surface area contributed by atoms with Crippen LogP contribution in [-0.4, -0.2) is 25.8 Å². The Morgan fingerprint density at radius 2 is 2.33 bits per heavy atom. The van der Waals surface area contributed by atoms with Crippen molar-refractivity contribution in [2.75, 3.05) is 0 Å². The number of carboxylic acid groups (broad SMARTS) is 1. The molecule has 7 nitrogen and oxygen atoms in total. The van der Waals surface area contributed by atoms with E-state index in [0.29, 0.717) is 4.68 Å². The number of carboxylic acids is 1. The minimum Gasteiger partial charge on any atom is -0.480 e. The fraction of sp³-hybridized carbons (Fsp3) is 0.200. The molecule has 2 N–H and O–H groups in total. The standard InChI is InChI=1S/C5H5N3O4/c9-3-1-6-8(2-4(10)11)5(12)7-3/h1H,2H2,(H,10,11)(H,7,9,12). The van der Waals surface area contributed by atoms with Gasteiger partial charge in [-0.05, 0) is 0 Å². The average Bonchev–Trinajstić information content (AvgIpc) is 1.94. The molecule has 1 rings (SSSR count). The zero-order valence-corrected chi connectivity index (χ0v) is 5.85. The summed E-state index contributed by atoms with van der Waals surface area (Å²) in [4.78, 5) is 33.2. The maximum absolute atomic E-state index is 10.8. The quantitative estimate of drug-likeness (QED) is 0.536. The van der Waals surface area contributed by atoms with E-state index in [9.17, 15) is 14.4 Å². The van der Waals surface area contributed by atoms with E-state index >= 15 is 0 Å². The van der Waals surface area contributed by atoms with E-state index in [4.69, 9.17) is 5.11 Å². The molecule has 64 valence electrons. The van der Waals surface area contributed by atoms with Gasteiger partial charge < -0.3 is 5.11 Å². The van der Waals surface area contributed by atoms with E-state index in [1.165, 1.54) is 0 Å². The minimum atomic E-state index is -1.20. The third kappa shape index (κ3) is 1.78. The predicted octanol–water partition coefficient (Wildman–Crippen LogP) is -1.98. The predicted molar refractivity (Wildman–Crippen MR) is 36.8 cm³/mol. The Balaban J connectivity index is 3.10. The highest BCUT2D eigenvalue weighted by molar-refractivity contribution is 5.66. The summed E-state index contributed by atoms with van der Waals surface area (Å²) in [6.45, 7) is -0.560. The van der Waals surface area contributed by atoms with Crippen molar-refractivity contribution >= 4 is 5.97 Å². The van der Waals surface area contributed by atoms with Gasteiger partial charge in [0.25, 0.3) is 5.56 Å². The van der Waals surface area contributed by atoms with Crippen LogP contribution in [-0.2, 0) is 11.3 Å². The molecule has 7 heteroatoms. The molecule has 0 aromatic carbocycles. The molecule has 0 spiro atoms. The molecule has 1 aromatic heterocycles. The molecule has 1 aromatic rings. The van der Waals surface area contributed by atoms with Gasteiger partial charge in [-0.15, -0.1) is 0 Å². The van der Waals surface area contributed by atoms with E-state index in [-0.39, 0.29) is 0 Å². The molecule has 0 aliphatic carbocycles. The van der Waals surface area contributed by atoms with Gasteiger partial charge in [0.1, 0.15) is 12.7 Å². The lowest BCUT2D eigenvalue weighted by Crippen LogP contribution is -2.33. The number of hydrogen-bond acceptors (Lipinski definition) is 4. The fourth-order valence-electron chi connectivity index (χ4n) is 0.618. The molecule has 0 aliphatic heterocycles. The first-order chi connectivity index (χ1) is 5.59. The number of hydrogen-bond donors (Lipinski definition) is 2. The van der Waals surface area contributed by atoms with Gasteiger partial charge in [-0.2, -0.15) is 5.10 Å². The summed E-state index contributed by atoms with van der Waals surface area (Å²) in [5.41, 5.74) is -1.48. The van der Waals surface area contributed by atoms with Crippen molar-refractivity contribution in [1.29, 1.82) is 0 Å². The topological polar surface area (TPSA) is 105 Å². The molecule has 0 radical (unpaired) electrons. The Kier molecular flexibility index (Phi) is 2.04. The van der Waals surface area contributed by atoms with Crippen molar-refractivity contribution in [3.63, 3.8) is 0 Å². The Bertz CT molecular complexity index is 404. The van der Waals surface area contributed by atoms with Crippen molar-refractivity contribution in [2.45, 2.75) is 6.54 Å². The van der Waals surface area contributed by atoms with Crippen LogP contribution < -0.4 is 11.2 Å². The summed E-state index contributed by atoms with van der Waals surface area (Å²) in [5, 5.41) is 11.6. The first kappa shape index (κ1) is 8.18. The van der Waals surface area contributed by atoms with Crippen LogP contribution in [0.1, 0.15) is 0 Å². The number of H-pyrrole nitrogens is 1. The van der Waals surface area contributed by atoms with Gasteiger partial charge in [0.2, 0.25) is 0 Å². The van der Waals surface area contributed by atoms with Crippen LogP contribution in [0, 0.1) is 0 Å². The Morgan fingerprint density at radius 1 is 1.67 bits per heavy atom. The molecule has 0 fully saturated rings. The summed E-state index contributed by atoms with van der Waals surface area (Å²) < 4.78 is 0.643. The van der Waals surface area contributed by atoms with Crippen LogP contribution in [0.3, 0.4) is 0 Å². The Labute approximate surface area is 65.3 Å². The second-order valence-electron chi connectivity index (χ2n) is 1.99. The summed E-state index contributed by atoms with van der Waals surface area (Å²) in [6, 6.07) is 0. The first-order valence-corrected chi connectivity index (χ1v) is 2.98. The molecule has 12 heavy (non-hydrogen) atoms. The molecule has 0 saturated carbocycles. The van der Waals surface area contributed by atoms with Crippen LogP contribution >= 0.6 is 0 Å². The van der Waals surface area contributed by atoms with Gasteiger partial charge in [-0.1, -0.05) is 0 Å². The maximum atomic E-state index is 10.8. The zero-order chi connectivity index (χ0) is 9.14. The van der Waals surface area contributed by atoms with Crippen molar-refractivity contribution in [2.24, 2.45) is 0 Å². The van der Waals surface area contributed by atoms with Gasteiger partial charge in [-0.25, -0.2) is 9.48 Å². The van der Waals surface area contributed by atoms with Gasteiger partial charge in [0, 0.05) is 0 Å². The lowest BCUT2D eigenvalue weighted by Gasteiger charge is -1.96. The van der Waals surface area contributed by atoms with Crippen molar-refractivity contribution in [3.05, 3.63) is 27.0 Å². The Morgan fingerprint density at radius 3 is 2.83 bits per heavy atom. The smallest absolute Gasteiger partial charge is 0.345 e. The number of aliphatic carboxylic acids is 1. The van der Waals surface area contributed by atoms with E-state index < -0.39 is 23.8 Å². The van der Waals surface area contributed by atoms with Crippen molar-refractivity contribution in [1.82, 2.24) is 14.8 Å². The van der Waals surface area contributed by atoms with Crippen LogP contribution in [0.25, 0.3) is 0 Å². The van der Waals surface area contributed by atoms with Crippen molar-refractivity contribution in [3.8, 4) is 0 Å². The van der Waals surface area contributed by atoms with E-state index in [1.54, 1.807) is 0 Å². The summed E-state index contributed by atoms with van der Waals surface area (Å²) in [5.74, 6) is -1.20. The third-order valence-corrected chi connectivity index (χ3v) is 1.06. The molecule has 1 heterocycles. The van der Waals surface area contributed by atoms with Crippen LogP contribution in [0.5, 0.6) is 0 Å². The lowest BCUT2D eigenvalue weighted by molar-refractivity contribution is -0.138. The SMILES string of the molecule is O=C(O)Cn1ncc(=O)[nH]c1=O. The number of nitrogens with one attached hydrogen (secondary N) is 1. The summed E-state index contributed by atoms with van der Waals surface area (Å²) in [6.07, 6.45) is 0.838. The second kappa shape index (κ2) is 2.99. The highest BCUT2D eigenvalue weighted by Crippen LogP contribution is 1.69. The van der Waals surface area contributed by atoms with Crippen LogP contribution in [0.2, 0.25) is 0 Å². The average molecular weight is 171 g/mol. The molecule has 0 amide bonds. The second-order valence-corrected chi connectivity index (χ2v) is 1.99. The fourth-order valence-corrected chi connectivity index (χ4v) is 0.618. The molecule has 0 atom stereocenters. The van der Waals surface area contributed by atoms with E-state index in [0.717, 1.165) is 6.20 Å². The van der Waals surface area contributed by atoms with Gasteiger partial charge in [0.15, 0.2) is 0 Å². The maximum Gasteiger partial charge on any atom is 0.345 e. The monoisotopic (exact) mass is 171 g/mol. The molecule has 0 bridgehead atoms. The molecule has 0 saturated heterocycles. The minimum absolute atomic E-state index is 0.560. The van der Waals surface area contributed by atoms with E-state index in [2.05, 4.69) is 5.10 Å². The van der Waals surface area contributed by atoms with Gasteiger partial charge in [0.05, 0.1) is 0 Å². The number of nitrogens with zero attached hydrogens (tertiary/aromatic N) is 2. The van der Waals surface area contributed by atoms with Crippen molar-refractivity contribution < 1.29 is 9.90 Å². The molecule has 0 aliphatic rings. The molecule has 0 unspecified atom stereocenters. The third-order valence-electron chi connectivity index (χ3n) is 1.06. The highest BCUT2D eigenvalue weighted by Gasteiger charge is 2.01. The number of rotatable bonds is 2. The summed E-state index contributed by atoms with van der Waals surface area (Å²) in [7, 11) is 0. The number of aromatic nitrogens is 3. The largest absolute Gasteiger partial charge is 0.480 e. The lowest BCUT2D eigenvalue weighted by atomic mass is 10.7. The highest BCUT2D eigenvalue weighted by atomic mass is 16.4. The first-order valence-electron chi connectivity index (χ1n) is 2.98. The van der Waals surface area contributed by atoms with E-state index in [1.807, 2.05) is 4.98 Å². The van der Waals surface area contributed by atoms with Crippen LogP contribution in [0.15, 0.2) is 15.8 Å². The summed E-state index contributed by atoms with van der Waals surface area (Å²) >= 11 is 0. The Hall–Kier alpha value is -1.92. The molecular formula is C5H5N3O4. The number of aromatic amines is 1. The van der Waals surface area contributed by atoms with Crippen LogP contribution in [0.4, 0.5) is 0 Å². The van der Waals surface area contributed by atoms with Gasteiger partial charge >= 0.3 is 11.7 Å². The zero-order valence-electron chi connectivity index (χ0n) is 5.85.